The highest BCUT2D eigenvalue weighted by Crippen LogP contribution is 2.09. The zero-order chi connectivity index (χ0) is 10.8. The summed E-state index contributed by atoms with van der Waals surface area (Å²) in [5.41, 5.74) is 6.02. The molecule has 1 aromatic heterocycles. The van der Waals surface area contributed by atoms with Gasteiger partial charge in [-0.05, 0) is 6.92 Å². The number of aryl methyl sites for hydroxylation is 1. The molecule has 0 spiro atoms. The summed E-state index contributed by atoms with van der Waals surface area (Å²) < 4.78 is 24.8. The Morgan fingerprint density at radius 3 is 2.71 bits per heavy atom. The first kappa shape index (κ1) is 11.2. The number of nitrogens with two attached hydrogens (primary N) is 1. The predicted molar refractivity (Wildman–Crippen MR) is 54.3 cm³/mol. The van der Waals surface area contributed by atoms with E-state index in [0.717, 1.165) is 0 Å². The molecule has 5 nitrogen and oxygen atoms in total. The van der Waals surface area contributed by atoms with Crippen molar-refractivity contribution in [2.75, 3.05) is 6.54 Å². The molecular formula is C8H15N3O2S. The number of aromatic nitrogens is 2. The summed E-state index contributed by atoms with van der Waals surface area (Å²) in [6.45, 7) is 1.77. The summed E-state index contributed by atoms with van der Waals surface area (Å²) in [7, 11) is -1.38. The third-order valence-electron chi connectivity index (χ3n) is 2.07. The molecule has 0 aliphatic rings. The summed E-state index contributed by atoms with van der Waals surface area (Å²) in [6, 6.07) is 0. The van der Waals surface area contributed by atoms with Crippen molar-refractivity contribution in [1.82, 2.24) is 9.78 Å². The highest BCUT2D eigenvalue weighted by Gasteiger charge is 2.20. The van der Waals surface area contributed by atoms with Crippen LogP contribution in [0.5, 0.6) is 0 Å². The molecule has 1 heterocycles. The maximum absolute atomic E-state index is 11.6. The average Bonchev–Trinajstić information content (AvgIpc) is 2.48. The van der Waals surface area contributed by atoms with Gasteiger partial charge in [-0.2, -0.15) is 5.10 Å². The van der Waals surface area contributed by atoms with Gasteiger partial charge in [-0.1, -0.05) is 0 Å². The van der Waals surface area contributed by atoms with E-state index in [1.807, 2.05) is 0 Å². The van der Waals surface area contributed by atoms with Gasteiger partial charge in [-0.25, -0.2) is 8.42 Å². The van der Waals surface area contributed by atoms with Crippen LogP contribution >= 0.6 is 0 Å². The zero-order valence-electron chi connectivity index (χ0n) is 8.34. The van der Waals surface area contributed by atoms with Crippen LogP contribution in [0.1, 0.15) is 12.5 Å². The van der Waals surface area contributed by atoms with Crippen molar-refractivity contribution >= 4 is 9.84 Å². The number of hydrogen-bond donors (Lipinski definition) is 1. The van der Waals surface area contributed by atoms with Crippen LogP contribution in [-0.4, -0.2) is 30.0 Å². The Bertz CT molecular complexity index is 396. The number of nitrogens with zero attached hydrogens (tertiary/aromatic N) is 2. The van der Waals surface area contributed by atoms with Gasteiger partial charge >= 0.3 is 0 Å². The Morgan fingerprint density at radius 1 is 1.64 bits per heavy atom. The molecule has 80 valence electrons. The molecule has 1 unspecified atom stereocenters. The lowest BCUT2D eigenvalue weighted by Gasteiger charge is -2.08. The Hall–Kier alpha value is -0.880. The van der Waals surface area contributed by atoms with Crippen LogP contribution in [0.15, 0.2) is 12.4 Å². The third-order valence-corrected chi connectivity index (χ3v) is 4.23. The summed E-state index contributed by atoms with van der Waals surface area (Å²) in [5.74, 6) is 0.0131. The van der Waals surface area contributed by atoms with Crippen molar-refractivity contribution in [3.63, 3.8) is 0 Å². The fourth-order valence-corrected chi connectivity index (χ4v) is 2.26. The molecule has 1 atom stereocenters. The first-order valence-electron chi connectivity index (χ1n) is 4.35. The van der Waals surface area contributed by atoms with Crippen molar-refractivity contribution in [3.05, 3.63) is 18.0 Å². The zero-order valence-corrected chi connectivity index (χ0v) is 9.16. The Balaban J connectivity index is 2.78. The molecule has 0 aliphatic heterocycles. The second-order valence-corrected chi connectivity index (χ2v) is 5.79. The molecule has 1 rings (SSSR count). The normalized spacial score (nSPS) is 14.2. The lowest BCUT2D eigenvalue weighted by Crippen LogP contribution is -2.27. The smallest absolute Gasteiger partial charge is 0.158 e. The SMILES string of the molecule is CC(CN)S(=O)(=O)Cc1cnn(C)c1. The molecule has 0 saturated carbocycles. The fraction of sp³-hybridized carbons (Fsp3) is 0.625. The highest BCUT2D eigenvalue weighted by molar-refractivity contribution is 7.91. The van der Waals surface area contributed by atoms with Gasteiger partial charge in [0.15, 0.2) is 9.84 Å². The maximum atomic E-state index is 11.6. The van der Waals surface area contributed by atoms with Gasteiger partial charge < -0.3 is 5.73 Å². The molecule has 0 saturated heterocycles. The lowest BCUT2D eigenvalue weighted by atomic mass is 10.4. The molecule has 1 aromatic rings. The van der Waals surface area contributed by atoms with Crippen molar-refractivity contribution in [2.45, 2.75) is 17.9 Å². The standard InChI is InChI=1S/C8H15N3O2S/c1-7(3-9)14(12,13)6-8-4-10-11(2)5-8/h4-5,7H,3,6,9H2,1-2H3. The van der Waals surface area contributed by atoms with E-state index in [9.17, 15) is 8.42 Å². The van der Waals surface area contributed by atoms with Crippen LogP contribution in [0.2, 0.25) is 0 Å². The first-order valence-corrected chi connectivity index (χ1v) is 6.06. The summed E-state index contributed by atoms with van der Waals surface area (Å²) >= 11 is 0. The Labute approximate surface area is 83.8 Å². The lowest BCUT2D eigenvalue weighted by molar-refractivity contribution is 0.583. The van der Waals surface area contributed by atoms with Gasteiger partial charge in [-0.15, -0.1) is 0 Å². The second-order valence-electron chi connectivity index (χ2n) is 3.38. The minimum Gasteiger partial charge on any atom is -0.329 e. The van der Waals surface area contributed by atoms with Crippen LogP contribution in [0, 0.1) is 0 Å². The molecule has 0 radical (unpaired) electrons. The number of hydrogen-bond acceptors (Lipinski definition) is 4. The predicted octanol–water partition coefficient (Wildman–Crippen LogP) is -0.318. The molecule has 0 aromatic carbocycles. The summed E-state index contributed by atoms with van der Waals surface area (Å²) in [6.07, 6.45) is 3.25. The van der Waals surface area contributed by atoms with Crippen LogP contribution in [0.25, 0.3) is 0 Å². The van der Waals surface area contributed by atoms with E-state index < -0.39 is 15.1 Å². The van der Waals surface area contributed by atoms with Crippen LogP contribution in [0.3, 0.4) is 0 Å². The molecule has 6 heteroatoms. The molecular weight excluding hydrogens is 202 g/mol. The average molecular weight is 217 g/mol. The van der Waals surface area contributed by atoms with E-state index in [0.29, 0.717) is 5.56 Å². The van der Waals surface area contributed by atoms with E-state index in [1.165, 1.54) is 0 Å². The van der Waals surface area contributed by atoms with Gasteiger partial charge in [0.2, 0.25) is 0 Å². The van der Waals surface area contributed by atoms with Gasteiger partial charge in [0.05, 0.1) is 17.2 Å². The Kier molecular flexibility index (Phi) is 3.28. The van der Waals surface area contributed by atoms with Crippen LogP contribution in [-0.2, 0) is 22.6 Å². The largest absolute Gasteiger partial charge is 0.329 e. The molecule has 0 fully saturated rings. The Morgan fingerprint density at radius 2 is 2.29 bits per heavy atom. The minimum atomic E-state index is -3.13. The van der Waals surface area contributed by atoms with E-state index >= 15 is 0 Å². The maximum Gasteiger partial charge on any atom is 0.158 e. The van der Waals surface area contributed by atoms with Crippen LogP contribution < -0.4 is 5.73 Å². The van der Waals surface area contributed by atoms with Crippen molar-refractivity contribution in [1.29, 1.82) is 0 Å². The minimum absolute atomic E-state index is 0.0131. The summed E-state index contributed by atoms with van der Waals surface area (Å²) in [4.78, 5) is 0. The molecule has 0 aliphatic carbocycles. The van der Waals surface area contributed by atoms with Crippen molar-refractivity contribution < 1.29 is 8.42 Å². The van der Waals surface area contributed by atoms with Gasteiger partial charge in [0.25, 0.3) is 0 Å². The quantitative estimate of drug-likeness (QED) is 0.750. The molecule has 14 heavy (non-hydrogen) atoms. The van der Waals surface area contributed by atoms with E-state index in [-0.39, 0.29) is 12.3 Å². The van der Waals surface area contributed by atoms with Gasteiger partial charge in [0.1, 0.15) is 0 Å². The monoisotopic (exact) mass is 217 g/mol. The molecule has 0 amide bonds. The van der Waals surface area contributed by atoms with Crippen LogP contribution in [0.4, 0.5) is 0 Å². The van der Waals surface area contributed by atoms with E-state index in [1.54, 1.807) is 31.0 Å². The molecule has 0 bridgehead atoms. The van der Waals surface area contributed by atoms with E-state index in [4.69, 9.17) is 5.73 Å². The summed E-state index contributed by atoms with van der Waals surface area (Å²) in [5, 5.41) is 3.41. The second kappa shape index (κ2) is 4.10. The van der Waals surface area contributed by atoms with Gasteiger partial charge in [0, 0.05) is 25.4 Å². The number of rotatable bonds is 4. The van der Waals surface area contributed by atoms with E-state index in [2.05, 4.69) is 5.10 Å². The number of sulfone groups is 1. The first-order chi connectivity index (χ1) is 6.45. The van der Waals surface area contributed by atoms with Gasteiger partial charge in [-0.3, -0.25) is 4.68 Å². The van der Waals surface area contributed by atoms with Crippen molar-refractivity contribution in [3.8, 4) is 0 Å². The topological polar surface area (TPSA) is 78.0 Å². The van der Waals surface area contributed by atoms with Crippen molar-refractivity contribution in [2.24, 2.45) is 12.8 Å². The third kappa shape index (κ3) is 2.55. The molecule has 2 N–H and O–H groups in total. The fourth-order valence-electron chi connectivity index (χ4n) is 1.07. The highest BCUT2D eigenvalue weighted by atomic mass is 32.2.